The highest BCUT2D eigenvalue weighted by Gasteiger charge is 2.15. The summed E-state index contributed by atoms with van der Waals surface area (Å²) in [5, 5.41) is 3.97. The fourth-order valence-corrected chi connectivity index (χ4v) is 2.80. The molecule has 2 rings (SSSR count). The Bertz CT molecular complexity index is 696. The van der Waals surface area contributed by atoms with Gasteiger partial charge < -0.3 is 5.73 Å². The van der Waals surface area contributed by atoms with E-state index in [0.717, 1.165) is 5.69 Å². The van der Waals surface area contributed by atoms with Crippen molar-refractivity contribution in [3.05, 3.63) is 40.6 Å². The molecule has 2 aromatic rings. The SMILES string of the molecule is Cn1nccc1CNS(=O)(=O)c1ccc(Br)c(N)c1. The minimum absolute atomic E-state index is 0.135. The van der Waals surface area contributed by atoms with Gasteiger partial charge in [-0.15, -0.1) is 0 Å². The third-order valence-electron chi connectivity index (χ3n) is 2.64. The first kappa shape index (κ1) is 14.0. The standard InChI is InChI=1S/C11H13BrN4O2S/c1-16-8(4-5-14-16)7-15-19(17,18)9-2-3-10(12)11(13)6-9/h2-6,15H,7,13H2,1H3. The lowest BCUT2D eigenvalue weighted by Crippen LogP contribution is -2.24. The first-order valence-electron chi connectivity index (χ1n) is 5.42. The van der Waals surface area contributed by atoms with Gasteiger partial charge in [0.05, 0.1) is 17.1 Å². The summed E-state index contributed by atoms with van der Waals surface area (Å²) >= 11 is 3.22. The molecule has 102 valence electrons. The van der Waals surface area contributed by atoms with Gasteiger partial charge in [-0.05, 0) is 40.2 Å². The number of nitrogen functional groups attached to an aromatic ring is 1. The van der Waals surface area contributed by atoms with Gasteiger partial charge in [-0.25, -0.2) is 13.1 Å². The van der Waals surface area contributed by atoms with E-state index in [1.807, 2.05) is 0 Å². The normalized spacial score (nSPS) is 11.7. The van der Waals surface area contributed by atoms with Gasteiger partial charge >= 0.3 is 0 Å². The van der Waals surface area contributed by atoms with Gasteiger partial charge in [0.25, 0.3) is 0 Å². The lowest BCUT2D eigenvalue weighted by Gasteiger charge is -2.08. The summed E-state index contributed by atoms with van der Waals surface area (Å²) in [5.41, 5.74) is 6.83. The van der Waals surface area contributed by atoms with Crippen LogP contribution in [0.4, 0.5) is 5.69 Å². The maximum Gasteiger partial charge on any atom is 0.240 e. The molecule has 0 aliphatic carbocycles. The lowest BCUT2D eigenvalue weighted by atomic mass is 10.3. The van der Waals surface area contributed by atoms with Crippen LogP contribution in [0.15, 0.2) is 39.8 Å². The molecule has 3 N–H and O–H groups in total. The summed E-state index contributed by atoms with van der Waals surface area (Å²) in [6, 6.07) is 6.26. The predicted octanol–water partition coefficient (Wildman–Crippen LogP) is 1.24. The zero-order valence-electron chi connectivity index (χ0n) is 10.2. The number of aryl methyl sites for hydroxylation is 1. The van der Waals surface area contributed by atoms with E-state index < -0.39 is 10.0 Å². The zero-order valence-corrected chi connectivity index (χ0v) is 12.6. The molecule has 0 amide bonds. The van der Waals surface area contributed by atoms with Crippen LogP contribution < -0.4 is 10.5 Å². The Morgan fingerprint density at radius 1 is 1.42 bits per heavy atom. The van der Waals surface area contributed by atoms with Gasteiger partial charge in [0.1, 0.15) is 0 Å². The van der Waals surface area contributed by atoms with Crippen LogP contribution in [0.2, 0.25) is 0 Å². The van der Waals surface area contributed by atoms with Gasteiger partial charge in [-0.3, -0.25) is 4.68 Å². The Morgan fingerprint density at radius 3 is 2.74 bits per heavy atom. The second-order valence-corrected chi connectivity index (χ2v) is 6.58. The van der Waals surface area contributed by atoms with Crippen molar-refractivity contribution in [3.63, 3.8) is 0 Å². The number of sulfonamides is 1. The topological polar surface area (TPSA) is 90.0 Å². The van der Waals surface area contributed by atoms with Crippen LogP contribution in [0.5, 0.6) is 0 Å². The smallest absolute Gasteiger partial charge is 0.240 e. The van der Waals surface area contributed by atoms with Crippen molar-refractivity contribution in [2.75, 3.05) is 5.73 Å². The highest BCUT2D eigenvalue weighted by molar-refractivity contribution is 9.10. The van der Waals surface area contributed by atoms with E-state index in [9.17, 15) is 8.42 Å². The highest BCUT2D eigenvalue weighted by Crippen LogP contribution is 2.22. The van der Waals surface area contributed by atoms with Crippen LogP contribution in [-0.2, 0) is 23.6 Å². The van der Waals surface area contributed by atoms with Crippen LogP contribution in [0, 0.1) is 0 Å². The molecule has 0 spiro atoms. The summed E-state index contributed by atoms with van der Waals surface area (Å²) in [6.07, 6.45) is 1.61. The maximum absolute atomic E-state index is 12.1. The molecule has 0 radical (unpaired) electrons. The van der Waals surface area contributed by atoms with Gasteiger partial charge in [0.15, 0.2) is 0 Å². The van der Waals surface area contributed by atoms with E-state index in [4.69, 9.17) is 5.73 Å². The number of nitrogens with zero attached hydrogens (tertiary/aromatic N) is 2. The first-order chi connectivity index (χ1) is 8.90. The van der Waals surface area contributed by atoms with Gasteiger partial charge in [-0.1, -0.05) is 0 Å². The Morgan fingerprint density at radius 2 is 2.16 bits per heavy atom. The second-order valence-electron chi connectivity index (χ2n) is 3.95. The average Bonchev–Trinajstić information content (AvgIpc) is 2.76. The summed E-state index contributed by atoms with van der Waals surface area (Å²) in [7, 11) is -1.83. The van der Waals surface area contributed by atoms with Crippen LogP contribution in [-0.4, -0.2) is 18.2 Å². The molecule has 1 aromatic heterocycles. The molecule has 1 heterocycles. The Labute approximate surface area is 119 Å². The van der Waals surface area contributed by atoms with Crippen molar-refractivity contribution in [2.45, 2.75) is 11.4 Å². The van der Waals surface area contributed by atoms with Crippen LogP contribution >= 0.6 is 15.9 Å². The van der Waals surface area contributed by atoms with Crippen molar-refractivity contribution >= 4 is 31.6 Å². The van der Waals surface area contributed by atoms with E-state index in [2.05, 4.69) is 25.8 Å². The highest BCUT2D eigenvalue weighted by atomic mass is 79.9. The molecular weight excluding hydrogens is 332 g/mol. The fourth-order valence-electron chi connectivity index (χ4n) is 1.52. The Kier molecular flexibility index (Phi) is 3.93. The van der Waals surface area contributed by atoms with E-state index in [1.54, 1.807) is 30.1 Å². The predicted molar refractivity (Wildman–Crippen MR) is 75.8 cm³/mol. The minimum atomic E-state index is -3.58. The lowest BCUT2D eigenvalue weighted by molar-refractivity contribution is 0.577. The van der Waals surface area contributed by atoms with Gasteiger partial charge in [-0.2, -0.15) is 5.10 Å². The van der Waals surface area contributed by atoms with E-state index in [0.29, 0.717) is 10.2 Å². The number of hydrogen-bond acceptors (Lipinski definition) is 4. The quantitative estimate of drug-likeness (QED) is 0.816. The summed E-state index contributed by atoms with van der Waals surface area (Å²) in [5.74, 6) is 0. The molecule has 0 unspecified atom stereocenters. The summed E-state index contributed by atoms with van der Waals surface area (Å²) < 4.78 is 29.0. The molecule has 0 aliphatic rings. The molecule has 6 nitrogen and oxygen atoms in total. The van der Waals surface area contributed by atoms with Crippen LogP contribution in [0.25, 0.3) is 0 Å². The van der Waals surface area contributed by atoms with Gasteiger partial charge in [0.2, 0.25) is 10.0 Å². The summed E-state index contributed by atoms with van der Waals surface area (Å²) in [6.45, 7) is 0.175. The molecule has 8 heteroatoms. The number of anilines is 1. The Hall–Kier alpha value is -1.38. The molecule has 0 atom stereocenters. The van der Waals surface area contributed by atoms with Crippen molar-refractivity contribution in [1.29, 1.82) is 0 Å². The fraction of sp³-hybridized carbons (Fsp3) is 0.182. The summed E-state index contributed by atoms with van der Waals surface area (Å²) in [4.78, 5) is 0.135. The zero-order chi connectivity index (χ0) is 14.0. The monoisotopic (exact) mass is 344 g/mol. The molecule has 0 saturated heterocycles. The van der Waals surface area contributed by atoms with E-state index in [-0.39, 0.29) is 11.4 Å². The molecule has 19 heavy (non-hydrogen) atoms. The second kappa shape index (κ2) is 5.32. The number of hydrogen-bond donors (Lipinski definition) is 2. The number of rotatable bonds is 4. The number of nitrogens with two attached hydrogens (primary N) is 1. The van der Waals surface area contributed by atoms with Gasteiger partial charge in [0, 0.05) is 23.4 Å². The third kappa shape index (κ3) is 3.14. The third-order valence-corrected chi connectivity index (χ3v) is 4.76. The number of benzene rings is 1. The molecule has 1 aromatic carbocycles. The van der Waals surface area contributed by atoms with E-state index >= 15 is 0 Å². The van der Waals surface area contributed by atoms with Crippen molar-refractivity contribution < 1.29 is 8.42 Å². The maximum atomic E-state index is 12.1. The molecule has 0 aliphatic heterocycles. The number of aromatic nitrogens is 2. The van der Waals surface area contributed by atoms with Crippen molar-refractivity contribution in [2.24, 2.45) is 7.05 Å². The van der Waals surface area contributed by atoms with Crippen molar-refractivity contribution in [1.82, 2.24) is 14.5 Å². The molecule has 0 fully saturated rings. The number of nitrogens with one attached hydrogen (secondary N) is 1. The first-order valence-corrected chi connectivity index (χ1v) is 7.69. The largest absolute Gasteiger partial charge is 0.398 e. The van der Waals surface area contributed by atoms with E-state index in [1.165, 1.54) is 12.1 Å². The minimum Gasteiger partial charge on any atom is -0.398 e. The number of halogens is 1. The van der Waals surface area contributed by atoms with Crippen LogP contribution in [0.1, 0.15) is 5.69 Å². The Balaban J connectivity index is 2.18. The molecule has 0 bridgehead atoms. The average molecular weight is 345 g/mol. The van der Waals surface area contributed by atoms with Crippen LogP contribution in [0.3, 0.4) is 0 Å². The molecule has 0 saturated carbocycles. The molecular formula is C11H13BrN4O2S. The van der Waals surface area contributed by atoms with Crippen molar-refractivity contribution in [3.8, 4) is 0 Å².